The molecule has 0 saturated heterocycles. The van der Waals surface area contributed by atoms with Crippen LogP contribution in [0.3, 0.4) is 0 Å². The Morgan fingerprint density at radius 1 is 1.43 bits per heavy atom. The van der Waals surface area contributed by atoms with Crippen LogP contribution in [-0.4, -0.2) is 11.9 Å². The van der Waals surface area contributed by atoms with Crippen molar-refractivity contribution in [1.82, 2.24) is 0 Å². The molecule has 0 atom stereocenters. The molecular weight excluding hydrogens is 176 g/mol. The van der Waals surface area contributed by atoms with Gasteiger partial charge < -0.3 is 4.74 Å². The SMILES string of the molecule is Cc1cc(C=O)c2c(c1)CC(C)(C)O2. The van der Waals surface area contributed by atoms with Crippen molar-refractivity contribution in [2.45, 2.75) is 32.8 Å². The topological polar surface area (TPSA) is 26.3 Å². The van der Waals surface area contributed by atoms with Gasteiger partial charge in [0.1, 0.15) is 11.4 Å². The van der Waals surface area contributed by atoms with Crippen molar-refractivity contribution < 1.29 is 9.53 Å². The van der Waals surface area contributed by atoms with Crippen LogP contribution in [0, 0.1) is 6.92 Å². The highest BCUT2D eigenvalue weighted by Crippen LogP contribution is 2.37. The number of hydrogen-bond acceptors (Lipinski definition) is 2. The molecule has 1 aliphatic rings. The van der Waals surface area contributed by atoms with Crippen LogP contribution in [0.15, 0.2) is 12.1 Å². The Morgan fingerprint density at radius 2 is 2.14 bits per heavy atom. The van der Waals surface area contributed by atoms with Crippen LogP contribution in [0.1, 0.15) is 35.3 Å². The summed E-state index contributed by atoms with van der Waals surface area (Å²) in [5.41, 5.74) is 2.77. The molecule has 0 radical (unpaired) electrons. The summed E-state index contributed by atoms with van der Waals surface area (Å²) >= 11 is 0. The highest BCUT2D eigenvalue weighted by molar-refractivity contribution is 5.81. The van der Waals surface area contributed by atoms with Crippen LogP contribution < -0.4 is 4.74 Å². The maximum Gasteiger partial charge on any atom is 0.153 e. The number of ether oxygens (including phenoxy) is 1. The molecule has 0 fully saturated rings. The minimum atomic E-state index is -0.173. The average molecular weight is 190 g/mol. The van der Waals surface area contributed by atoms with Crippen LogP contribution in [-0.2, 0) is 6.42 Å². The molecule has 2 heteroatoms. The fraction of sp³-hybridized carbons (Fsp3) is 0.417. The summed E-state index contributed by atoms with van der Waals surface area (Å²) in [6.45, 7) is 6.08. The zero-order chi connectivity index (χ0) is 10.3. The summed E-state index contributed by atoms with van der Waals surface area (Å²) in [7, 11) is 0. The van der Waals surface area contributed by atoms with E-state index in [4.69, 9.17) is 4.74 Å². The third kappa shape index (κ3) is 1.41. The van der Waals surface area contributed by atoms with Crippen molar-refractivity contribution in [3.8, 4) is 5.75 Å². The number of fused-ring (bicyclic) bond motifs is 1. The molecular formula is C12H14O2. The van der Waals surface area contributed by atoms with Crippen LogP contribution >= 0.6 is 0 Å². The third-order valence-electron chi connectivity index (χ3n) is 2.46. The van der Waals surface area contributed by atoms with Gasteiger partial charge in [0.2, 0.25) is 0 Å². The minimum absolute atomic E-state index is 0.173. The van der Waals surface area contributed by atoms with E-state index in [2.05, 4.69) is 6.07 Å². The summed E-state index contributed by atoms with van der Waals surface area (Å²) in [6, 6.07) is 3.96. The summed E-state index contributed by atoms with van der Waals surface area (Å²) in [5, 5.41) is 0. The Morgan fingerprint density at radius 3 is 2.79 bits per heavy atom. The van der Waals surface area contributed by atoms with Crippen LogP contribution in [0.4, 0.5) is 0 Å². The molecule has 0 unspecified atom stereocenters. The van der Waals surface area contributed by atoms with Crippen molar-refractivity contribution in [3.63, 3.8) is 0 Å². The number of aryl methyl sites for hydroxylation is 1. The van der Waals surface area contributed by atoms with Crippen molar-refractivity contribution in [3.05, 3.63) is 28.8 Å². The Labute approximate surface area is 83.9 Å². The van der Waals surface area contributed by atoms with Gasteiger partial charge in [0, 0.05) is 6.42 Å². The lowest BCUT2D eigenvalue weighted by molar-refractivity contribution is 0.110. The van der Waals surface area contributed by atoms with Gasteiger partial charge in [-0.05, 0) is 38.0 Å². The molecule has 2 rings (SSSR count). The van der Waals surface area contributed by atoms with Gasteiger partial charge in [0.15, 0.2) is 6.29 Å². The molecule has 0 aliphatic carbocycles. The molecule has 0 aromatic heterocycles. The van der Waals surface area contributed by atoms with Crippen molar-refractivity contribution in [2.24, 2.45) is 0 Å². The first-order valence-corrected chi connectivity index (χ1v) is 4.79. The molecule has 0 bridgehead atoms. The molecule has 1 aromatic carbocycles. The zero-order valence-corrected chi connectivity index (χ0v) is 8.76. The molecule has 0 spiro atoms. The van der Waals surface area contributed by atoms with Gasteiger partial charge in [-0.25, -0.2) is 0 Å². The van der Waals surface area contributed by atoms with Crippen molar-refractivity contribution >= 4 is 6.29 Å². The summed E-state index contributed by atoms with van der Waals surface area (Å²) in [5.74, 6) is 0.774. The van der Waals surface area contributed by atoms with Crippen LogP contribution in [0.25, 0.3) is 0 Å². The molecule has 14 heavy (non-hydrogen) atoms. The Hall–Kier alpha value is -1.31. The van der Waals surface area contributed by atoms with Crippen LogP contribution in [0.5, 0.6) is 5.75 Å². The largest absolute Gasteiger partial charge is 0.486 e. The molecule has 74 valence electrons. The highest BCUT2D eigenvalue weighted by Gasteiger charge is 2.31. The van der Waals surface area contributed by atoms with Gasteiger partial charge >= 0.3 is 0 Å². The van der Waals surface area contributed by atoms with E-state index in [9.17, 15) is 4.79 Å². The first-order valence-electron chi connectivity index (χ1n) is 4.79. The minimum Gasteiger partial charge on any atom is -0.486 e. The number of carbonyl (C=O) groups excluding carboxylic acids is 1. The van der Waals surface area contributed by atoms with E-state index in [1.54, 1.807) is 0 Å². The molecule has 0 N–H and O–H groups in total. The van der Waals surface area contributed by atoms with E-state index in [1.165, 1.54) is 0 Å². The van der Waals surface area contributed by atoms with Gasteiger partial charge in [-0.2, -0.15) is 0 Å². The number of carbonyl (C=O) groups is 1. The molecule has 2 nitrogen and oxygen atoms in total. The highest BCUT2D eigenvalue weighted by atomic mass is 16.5. The zero-order valence-electron chi connectivity index (χ0n) is 8.76. The second kappa shape index (κ2) is 2.84. The monoisotopic (exact) mass is 190 g/mol. The Balaban J connectivity index is 2.56. The van der Waals surface area contributed by atoms with Gasteiger partial charge in [-0.15, -0.1) is 0 Å². The first-order chi connectivity index (χ1) is 6.52. The lowest BCUT2D eigenvalue weighted by Crippen LogP contribution is -2.24. The fourth-order valence-electron chi connectivity index (χ4n) is 1.99. The fourth-order valence-corrected chi connectivity index (χ4v) is 1.99. The molecule has 0 saturated carbocycles. The van der Waals surface area contributed by atoms with E-state index in [0.717, 1.165) is 29.6 Å². The molecule has 1 aromatic rings. The summed E-state index contributed by atoms with van der Waals surface area (Å²) in [4.78, 5) is 10.8. The quantitative estimate of drug-likeness (QED) is 0.636. The summed E-state index contributed by atoms with van der Waals surface area (Å²) < 4.78 is 5.74. The van der Waals surface area contributed by atoms with E-state index < -0.39 is 0 Å². The van der Waals surface area contributed by atoms with E-state index in [0.29, 0.717) is 5.56 Å². The second-order valence-electron chi connectivity index (χ2n) is 4.50. The maximum atomic E-state index is 10.8. The number of aldehydes is 1. The van der Waals surface area contributed by atoms with Crippen molar-refractivity contribution in [1.29, 1.82) is 0 Å². The van der Waals surface area contributed by atoms with Gasteiger partial charge in [0.25, 0.3) is 0 Å². The van der Waals surface area contributed by atoms with Crippen LogP contribution in [0.2, 0.25) is 0 Å². The third-order valence-corrected chi connectivity index (χ3v) is 2.46. The van der Waals surface area contributed by atoms with E-state index in [1.807, 2.05) is 26.8 Å². The Kier molecular flexibility index (Phi) is 1.88. The number of hydrogen-bond donors (Lipinski definition) is 0. The number of benzene rings is 1. The predicted octanol–water partition coefficient (Wildman–Crippen LogP) is 2.52. The Bertz CT molecular complexity index is 392. The standard InChI is InChI=1S/C12H14O2/c1-8-4-9-6-12(2,3)14-11(9)10(5-8)7-13/h4-5,7H,6H2,1-3H3. The van der Waals surface area contributed by atoms with Gasteiger partial charge in [-0.1, -0.05) is 6.07 Å². The number of rotatable bonds is 1. The van der Waals surface area contributed by atoms with Gasteiger partial charge in [-0.3, -0.25) is 4.79 Å². The smallest absolute Gasteiger partial charge is 0.153 e. The lowest BCUT2D eigenvalue weighted by Gasteiger charge is -2.17. The van der Waals surface area contributed by atoms with Gasteiger partial charge in [0.05, 0.1) is 5.56 Å². The molecule has 0 amide bonds. The van der Waals surface area contributed by atoms with E-state index in [-0.39, 0.29) is 5.60 Å². The molecule has 1 heterocycles. The maximum absolute atomic E-state index is 10.8. The second-order valence-corrected chi connectivity index (χ2v) is 4.50. The average Bonchev–Trinajstić information content (AvgIpc) is 2.37. The normalized spacial score (nSPS) is 17.4. The predicted molar refractivity (Wildman–Crippen MR) is 55.0 cm³/mol. The molecule has 1 aliphatic heterocycles. The van der Waals surface area contributed by atoms with E-state index >= 15 is 0 Å². The first kappa shape index (κ1) is 9.25. The summed E-state index contributed by atoms with van der Waals surface area (Å²) in [6.07, 6.45) is 1.75. The lowest BCUT2D eigenvalue weighted by atomic mass is 9.99. The van der Waals surface area contributed by atoms with Crippen molar-refractivity contribution in [2.75, 3.05) is 0 Å².